The molecule has 1 fully saturated rings. The predicted octanol–water partition coefficient (Wildman–Crippen LogP) is 6.80. The van der Waals surface area contributed by atoms with Gasteiger partial charge in [-0.1, -0.05) is 66.7 Å². The topological polar surface area (TPSA) is 55.8 Å². The summed E-state index contributed by atoms with van der Waals surface area (Å²) in [6, 6.07) is 25.6. The maximum atomic E-state index is 14.0. The van der Waals surface area contributed by atoms with E-state index < -0.39 is 17.0 Å². The number of amides is 2. The lowest BCUT2D eigenvalue weighted by Crippen LogP contribution is -2.27. The third kappa shape index (κ3) is 4.83. The van der Waals surface area contributed by atoms with Gasteiger partial charge < -0.3 is 9.47 Å². The molecule has 5 nitrogen and oxygen atoms in total. The first-order valence-corrected chi connectivity index (χ1v) is 12.1. The highest BCUT2D eigenvalue weighted by atomic mass is 32.2. The van der Waals surface area contributed by atoms with Crippen LogP contribution in [0.2, 0.25) is 0 Å². The average molecular weight is 500 g/mol. The minimum Gasteiger partial charge on any atom is -0.493 e. The lowest BCUT2D eigenvalue weighted by atomic mass is 10.1. The number of carbonyl (C=O) groups excluding carboxylic acids is 2. The first kappa shape index (κ1) is 23.6. The highest BCUT2D eigenvalue weighted by molar-refractivity contribution is 8.18. The summed E-state index contributed by atoms with van der Waals surface area (Å²) in [5.74, 6) is 0.165. The van der Waals surface area contributed by atoms with Crippen LogP contribution in [-0.4, -0.2) is 23.2 Å². The maximum absolute atomic E-state index is 14.0. The van der Waals surface area contributed by atoms with Gasteiger partial charge in [-0.25, -0.2) is 4.39 Å². The summed E-state index contributed by atoms with van der Waals surface area (Å²) in [7, 11) is 1.55. The molecule has 7 heteroatoms. The Morgan fingerprint density at radius 2 is 1.64 bits per heavy atom. The summed E-state index contributed by atoms with van der Waals surface area (Å²) in [6.45, 7) is 0.255. The van der Waals surface area contributed by atoms with Crippen molar-refractivity contribution in [2.24, 2.45) is 0 Å². The molecule has 0 bridgehead atoms. The predicted molar refractivity (Wildman–Crippen MR) is 139 cm³/mol. The molecule has 180 valence electrons. The van der Waals surface area contributed by atoms with Crippen LogP contribution in [0.3, 0.4) is 0 Å². The smallest absolute Gasteiger partial charge is 0.293 e. The number of rotatable bonds is 7. The minimum absolute atomic E-state index is 0.112. The number of imide groups is 1. The standard InChI is InChI=1S/C29H22FNO4S/c1-34-26-15-19(13-14-25(26)35-18-22-10-6-9-20-7-2-4-11-23(20)22)16-27-28(32)31(29(33)36-27)17-21-8-3-5-12-24(21)30/h2-16H,17-18H2,1H3/b27-16-. The van der Waals surface area contributed by atoms with E-state index >= 15 is 0 Å². The molecule has 1 heterocycles. The van der Waals surface area contributed by atoms with Crippen LogP contribution in [0, 0.1) is 5.82 Å². The van der Waals surface area contributed by atoms with Gasteiger partial charge in [0.05, 0.1) is 18.6 Å². The van der Waals surface area contributed by atoms with Gasteiger partial charge in [-0.2, -0.15) is 0 Å². The van der Waals surface area contributed by atoms with Crippen LogP contribution in [0.5, 0.6) is 11.5 Å². The summed E-state index contributed by atoms with van der Waals surface area (Å²) in [6.07, 6.45) is 1.63. The van der Waals surface area contributed by atoms with Gasteiger partial charge in [0.1, 0.15) is 12.4 Å². The molecule has 5 rings (SSSR count). The Hall–Kier alpha value is -4.10. The van der Waals surface area contributed by atoms with Crippen LogP contribution in [0.4, 0.5) is 9.18 Å². The second-order valence-corrected chi connectivity index (χ2v) is 9.19. The Morgan fingerprint density at radius 3 is 2.47 bits per heavy atom. The van der Waals surface area contributed by atoms with E-state index in [0.29, 0.717) is 23.7 Å². The van der Waals surface area contributed by atoms with Crippen LogP contribution in [-0.2, 0) is 17.9 Å². The molecule has 4 aromatic rings. The van der Waals surface area contributed by atoms with E-state index in [-0.39, 0.29) is 17.0 Å². The molecule has 0 atom stereocenters. The Labute approximate surface area is 212 Å². The first-order chi connectivity index (χ1) is 17.5. The van der Waals surface area contributed by atoms with E-state index in [1.54, 1.807) is 49.6 Å². The number of thioether (sulfide) groups is 1. The Balaban J connectivity index is 1.33. The van der Waals surface area contributed by atoms with Gasteiger partial charge in [-0.3, -0.25) is 14.5 Å². The van der Waals surface area contributed by atoms with Crippen molar-refractivity contribution in [1.29, 1.82) is 0 Å². The third-order valence-electron chi connectivity index (χ3n) is 5.91. The zero-order valence-electron chi connectivity index (χ0n) is 19.4. The van der Waals surface area contributed by atoms with Crippen molar-refractivity contribution in [3.05, 3.63) is 112 Å². The SMILES string of the molecule is COc1cc(/C=C2\SC(=O)N(Cc3ccccc3F)C2=O)ccc1OCc1cccc2ccccc12. The molecule has 1 saturated heterocycles. The van der Waals surface area contributed by atoms with Crippen molar-refractivity contribution in [2.75, 3.05) is 7.11 Å². The average Bonchev–Trinajstić information content (AvgIpc) is 3.16. The van der Waals surface area contributed by atoms with E-state index in [4.69, 9.17) is 9.47 Å². The van der Waals surface area contributed by atoms with Crippen LogP contribution < -0.4 is 9.47 Å². The lowest BCUT2D eigenvalue weighted by Gasteiger charge is -2.13. The molecule has 2 amide bonds. The number of hydrogen-bond acceptors (Lipinski definition) is 5. The van der Waals surface area contributed by atoms with Crippen molar-refractivity contribution in [3.63, 3.8) is 0 Å². The fourth-order valence-electron chi connectivity index (χ4n) is 4.05. The van der Waals surface area contributed by atoms with E-state index in [1.807, 2.05) is 24.3 Å². The third-order valence-corrected chi connectivity index (χ3v) is 6.82. The molecular weight excluding hydrogens is 477 g/mol. The summed E-state index contributed by atoms with van der Waals surface area (Å²) < 4.78 is 25.6. The van der Waals surface area contributed by atoms with E-state index in [0.717, 1.165) is 33.0 Å². The molecule has 0 spiro atoms. The number of halogens is 1. The molecule has 0 radical (unpaired) electrons. The molecular formula is C29H22FNO4S. The maximum Gasteiger partial charge on any atom is 0.293 e. The van der Waals surface area contributed by atoms with Crippen LogP contribution in [0.1, 0.15) is 16.7 Å². The minimum atomic E-state index is -0.455. The molecule has 0 N–H and O–H groups in total. The van der Waals surface area contributed by atoms with Gasteiger partial charge in [-0.15, -0.1) is 0 Å². The zero-order chi connectivity index (χ0) is 25.1. The van der Waals surface area contributed by atoms with Crippen LogP contribution in [0.15, 0.2) is 89.8 Å². The van der Waals surface area contributed by atoms with Gasteiger partial charge >= 0.3 is 0 Å². The van der Waals surface area contributed by atoms with Gasteiger partial charge in [0.15, 0.2) is 11.5 Å². The Bertz CT molecular complexity index is 1490. The number of benzene rings is 4. The molecule has 1 aliphatic heterocycles. The quantitative estimate of drug-likeness (QED) is 0.262. The second-order valence-electron chi connectivity index (χ2n) is 8.20. The van der Waals surface area contributed by atoms with Gasteiger partial charge in [0.25, 0.3) is 11.1 Å². The monoisotopic (exact) mass is 499 g/mol. The Kier molecular flexibility index (Phi) is 6.73. The van der Waals surface area contributed by atoms with E-state index in [2.05, 4.69) is 18.2 Å². The van der Waals surface area contributed by atoms with Crippen molar-refractivity contribution in [2.45, 2.75) is 13.2 Å². The number of nitrogens with zero attached hydrogens (tertiary/aromatic N) is 1. The molecule has 0 aliphatic carbocycles. The van der Waals surface area contributed by atoms with Crippen LogP contribution >= 0.6 is 11.8 Å². The zero-order valence-corrected chi connectivity index (χ0v) is 20.3. The molecule has 36 heavy (non-hydrogen) atoms. The number of ether oxygens (including phenoxy) is 2. The lowest BCUT2D eigenvalue weighted by molar-refractivity contribution is -0.123. The molecule has 0 aromatic heterocycles. The fraction of sp³-hybridized carbons (Fsp3) is 0.103. The number of carbonyl (C=O) groups is 2. The number of hydrogen-bond donors (Lipinski definition) is 0. The molecule has 4 aromatic carbocycles. The normalized spacial score (nSPS) is 14.6. The summed E-state index contributed by atoms with van der Waals surface area (Å²) >= 11 is 0.832. The number of fused-ring (bicyclic) bond motifs is 1. The van der Waals surface area contributed by atoms with Crippen molar-refractivity contribution in [1.82, 2.24) is 4.90 Å². The van der Waals surface area contributed by atoms with Gasteiger partial charge in [0.2, 0.25) is 0 Å². The number of methoxy groups -OCH3 is 1. The summed E-state index contributed by atoms with van der Waals surface area (Å²) in [5.41, 5.74) is 2.03. The molecule has 0 unspecified atom stereocenters. The van der Waals surface area contributed by atoms with Crippen molar-refractivity contribution in [3.8, 4) is 11.5 Å². The first-order valence-electron chi connectivity index (χ1n) is 11.3. The van der Waals surface area contributed by atoms with Crippen molar-refractivity contribution >= 4 is 39.8 Å². The van der Waals surface area contributed by atoms with Gasteiger partial charge in [0, 0.05) is 5.56 Å². The fourth-order valence-corrected chi connectivity index (χ4v) is 4.89. The molecule has 0 saturated carbocycles. The van der Waals surface area contributed by atoms with Crippen LogP contribution in [0.25, 0.3) is 16.8 Å². The van der Waals surface area contributed by atoms with Crippen molar-refractivity contribution < 1.29 is 23.5 Å². The van der Waals surface area contributed by atoms with E-state index in [9.17, 15) is 14.0 Å². The largest absolute Gasteiger partial charge is 0.493 e. The van der Waals surface area contributed by atoms with E-state index in [1.165, 1.54) is 6.07 Å². The van der Waals surface area contributed by atoms with Gasteiger partial charge in [-0.05, 0) is 57.9 Å². The Morgan fingerprint density at radius 1 is 0.889 bits per heavy atom. The summed E-state index contributed by atoms with van der Waals surface area (Å²) in [4.78, 5) is 26.6. The summed E-state index contributed by atoms with van der Waals surface area (Å²) in [5, 5.41) is 1.84. The second kappa shape index (κ2) is 10.3. The molecule has 1 aliphatic rings. The highest BCUT2D eigenvalue weighted by Gasteiger charge is 2.35. The highest BCUT2D eigenvalue weighted by Crippen LogP contribution is 2.36.